The first-order valence-electron chi connectivity index (χ1n) is 2.30. The minimum Gasteiger partial charge on any atom is -0.391 e. The number of hydrogen-bond donors (Lipinski definition) is 3. The van der Waals surface area contributed by atoms with Gasteiger partial charge in [0.2, 0.25) is 0 Å². The monoisotopic (exact) mass is 113 g/mol. The molecule has 44 valence electrons. The van der Waals surface area contributed by atoms with Gasteiger partial charge in [-0.25, -0.2) is 5.10 Å². The highest BCUT2D eigenvalue weighted by Gasteiger charge is 2.03. The molecule has 0 aliphatic rings. The molecule has 0 fully saturated rings. The quantitative estimate of drug-likeness (QED) is 0.378. The van der Waals surface area contributed by atoms with E-state index in [1.54, 1.807) is 17.9 Å². The average Bonchev–Trinajstić information content (AvgIpc) is 1.98. The number of aryl methyl sites for hydroxylation is 1. The highest BCUT2D eigenvalue weighted by Crippen LogP contribution is 2.02. The molecule has 4 nitrogen and oxygen atoms in total. The first kappa shape index (κ1) is 4.96. The summed E-state index contributed by atoms with van der Waals surface area (Å²) in [5, 5.41) is 2.80. The molecule has 0 spiro atoms. The van der Waals surface area contributed by atoms with Crippen molar-refractivity contribution in [2.45, 2.75) is 0 Å². The van der Waals surface area contributed by atoms with Crippen LogP contribution in [0.3, 0.4) is 0 Å². The summed E-state index contributed by atoms with van der Waals surface area (Å²) >= 11 is 0. The molecule has 0 aliphatic carbocycles. The maximum Gasteiger partial charge on any atom is 0.315 e. The maximum atomic E-state index is 5.41. The van der Waals surface area contributed by atoms with E-state index in [1.807, 2.05) is 0 Å². The fraction of sp³-hybridized carbons (Fsp3) is 0.250. The molecule has 0 saturated carbocycles. The maximum absolute atomic E-state index is 5.41. The number of rotatable bonds is 0. The van der Waals surface area contributed by atoms with Crippen molar-refractivity contribution in [3.8, 4) is 0 Å². The Hall–Kier alpha value is -1.19. The molecule has 0 bridgehead atoms. The van der Waals surface area contributed by atoms with Gasteiger partial charge in [0, 0.05) is 0 Å². The van der Waals surface area contributed by atoms with Crippen molar-refractivity contribution in [2.75, 3.05) is 11.5 Å². The van der Waals surface area contributed by atoms with E-state index in [9.17, 15) is 0 Å². The van der Waals surface area contributed by atoms with Gasteiger partial charge in [-0.15, -0.1) is 0 Å². The summed E-state index contributed by atoms with van der Waals surface area (Å²) in [4.78, 5) is 0. The van der Waals surface area contributed by atoms with Crippen molar-refractivity contribution in [1.82, 2.24) is 5.10 Å². The van der Waals surface area contributed by atoms with Crippen LogP contribution in [0, 0.1) is 0 Å². The summed E-state index contributed by atoms with van der Waals surface area (Å²) in [5.74, 6) is 0.574. The molecule has 0 atom stereocenters. The largest absolute Gasteiger partial charge is 0.391 e. The first-order chi connectivity index (χ1) is 3.72. The van der Waals surface area contributed by atoms with E-state index < -0.39 is 0 Å². The summed E-state index contributed by atoms with van der Waals surface area (Å²) in [5.41, 5.74) is 11.4. The van der Waals surface area contributed by atoms with Crippen LogP contribution in [0.15, 0.2) is 6.20 Å². The molecule has 0 amide bonds. The highest BCUT2D eigenvalue weighted by molar-refractivity contribution is 5.52. The van der Waals surface area contributed by atoms with Crippen LogP contribution in [-0.4, -0.2) is 5.10 Å². The first-order valence-corrected chi connectivity index (χ1v) is 2.30. The molecule has 0 aromatic carbocycles. The number of aromatic amines is 1. The molecule has 1 aromatic heterocycles. The van der Waals surface area contributed by atoms with Gasteiger partial charge in [0.05, 0.1) is 6.20 Å². The van der Waals surface area contributed by atoms with E-state index >= 15 is 0 Å². The lowest BCUT2D eigenvalue weighted by atomic mass is 10.5. The van der Waals surface area contributed by atoms with Crippen molar-refractivity contribution in [2.24, 2.45) is 7.05 Å². The van der Waals surface area contributed by atoms with E-state index in [-0.39, 0.29) is 0 Å². The molecule has 5 N–H and O–H groups in total. The molecule has 0 saturated heterocycles. The van der Waals surface area contributed by atoms with Gasteiger partial charge in [0.15, 0.2) is 0 Å². The second-order valence-corrected chi connectivity index (χ2v) is 1.67. The highest BCUT2D eigenvalue weighted by atomic mass is 15.3. The Morgan fingerprint density at radius 3 is 2.38 bits per heavy atom. The standard InChI is InChI=1S/C4H8N4/c1-8-4(6)3(5)2-7-8/h2H,5H2,1H3,(H2,6,7)/p+1. The molecule has 1 aromatic rings. The zero-order chi connectivity index (χ0) is 6.15. The van der Waals surface area contributed by atoms with Crippen LogP contribution < -0.4 is 16.1 Å². The van der Waals surface area contributed by atoms with Crippen molar-refractivity contribution < 1.29 is 4.68 Å². The van der Waals surface area contributed by atoms with Gasteiger partial charge in [-0.3, -0.25) is 5.73 Å². The minimum absolute atomic E-state index is 0.574. The number of nitrogen functional groups attached to an aromatic ring is 2. The topological polar surface area (TPSA) is 71.7 Å². The summed E-state index contributed by atoms with van der Waals surface area (Å²) < 4.78 is 1.65. The molecule has 8 heavy (non-hydrogen) atoms. The van der Waals surface area contributed by atoms with E-state index in [0.717, 1.165) is 0 Å². The Bertz CT molecular complexity index is 170. The number of nitrogens with two attached hydrogens (primary N) is 2. The van der Waals surface area contributed by atoms with Gasteiger partial charge in [0.1, 0.15) is 12.7 Å². The third-order valence-electron chi connectivity index (χ3n) is 1.07. The zero-order valence-corrected chi connectivity index (χ0v) is 4.68. The Morgan fingerprint density at radius 1 is 1.62 bits per heavy atom. The molecular formula is C4H9N4+. The number of nitrogens with one attached hydrogen (secondary N) is 1. The summed E-state index contributed by atoms with van der Waals surface area (Å²) in [7, 11) is 1.80. The number of H-pyrrole nitrogens is 1. The van der Waals surface area contributed by atoms with Crippen molar-refractivity contribution >= 4 is 11.5 Å². The van der Waals surface area contributed by atoms with E-state index in [2.05, 4.69) is 5.10 Å². The summed E-state index contributed by atoms with van der Waals surface area (Å²) in [6.07, 6.45) is 1.65. The molecular weight excluding hydrogens is 104 g/mol. The van der Waals surface area contributed by atoms with Crippen LogP contribution in [0.5, 0.6) is 0 Å². The molecule has 1 rings (SSSR count). The fourth-order valence-electron chi connectivity index (χ4n) is 0.504. The van der Waals surface area contributed by atoms with Crippen LogP contribution in [0.4, 0.5) is 11.5 Å². The Morgan fingerprint density at radius 2 is 2.25 bits per heavy atom. The second kappa shape index (κ2) is 1.40. The van der Waals surface area contributed by atoms with Crippen LogP contribution >= 0.6 is 0 Å². The van der Waals surface area contributed by atoms with Crippen LogP contribution in [0.1, 0.15) is 0 Å². The SMILES string of the molecule is C[n+]1[nH]cc(N)c1N. The summed E-state index contributed by atoms with van der Waals surface area (Å²) in [6.45, 7) is 0. The molecule has 1 heterocycles. The van der Waals surface area contributed by atoms with E-state index in [0.29, 0.717) is 11.5 Å². The summed E-state index contributed by atoms with van der Waals surface area (Å²) in [6, 6.07) is 0. The zero-order valence-electron chi connectivity index (χ0n) is 4.68. The van der Waals surface area contributed by atoms with Crippen LogP contribution in [0.25, 0.3) is 0 Å². The molecule has 0 aliphatic heterocycles. The number of aromatic nitrogens is 2. The van der Waals surface area contributed by atoms with Gasteiger partial charge >= 0.3 is 5.82 Å². The van der Waals surface area contributed by atoms with Gasteiger partial charge < -0.3 is 5.73 Å². The minimum atomic E-state index is 0.574. The third kappa shape index (κ3) is 0.501. The van der Waals surface area contributed by atoms with Crippen molar-refractivity contribution in [3.63, 3.8) is 0 Å². The van der Waals surface area contributed by atoms with Crippen molar-refractivity contribution in [3.05, 3.63) is 6.20 Å². The lowest BCUT2D eigenvalue weighted by Gasteiger charge is -1.81. The predicted octanol–water partition coefficient (Wildman–Crippen LogP) is -0.996. The third-order valence-corrected chi connectivity index (χ3v) is 1.07. The molecule has 4 heteroatoms. The Kier molecular flexibility index (Phi) is 0.865. The number of hydrogen-bond acceptors (Lipinski definition) is 2. The fourth-order valence-corrected chi connectivity index (χ4v) is 0.504. The van der Waals surface area contributed by atoms with Gasteiger partial charge in [-0.05, 0) is 0 Å². The van der Waals surface area contributed by atoms with Gasteiger partial charge in [0.25, 0.3) is 0 Å². The Balaban J connectivity index is 3.19. The predicted molar refractivity (Wildman–Crippen MR) is 30.8 cm³/mol. The van der Waals surface area contributed by atoms with E-state index in [4.69, 9.17) is 11.5 Å². The average molecular weight is 113 g/mol. The lowest BCUT2D eigenvalue weighted by Crippen LogP contribution is -2.32. The van der Waals surface area contributed by atoms with E-state index in [1.165, 1.54) is 0 Å². The van der Waals surface area contributed by atoms with Crippen LogP contribution in [-0.2, 0) is 7.05 Å². The Labute approximate surface area is 47.1 Å². The van der Waals surface area contributed by atoms with Gasteiger partial charge in [-0.2, -0.15) is 4.68 Å². The molecule has 0 radical (unpaired) electrons. The normalized spacial score (nSPS) is 9.62. The van der Waals surface area contributed by atoms with Gasteiger partial charge in [-0.1, -0.05) is 0 Å². The number of nitrogens with zero attached hydrogens (tertiary/aromatic N) is 1. The second-order valence-electron chi connectivity index (χ2n) is 1.67. The van der Waals surface area contributed by atoms with Crippen molar-refractivity contribution in [1.29, 1.82) is 0 Å². The smallest absolute Gasteiger partial charge is 0.315 e. The van der Waals surface area contributed by atoms with Crippen LogP contribution in [0.2, 0.25) is 0 Å². The lowest BCUT2D eigenvalue weighted by molar-refractivity contribution is -0.713. The number of anilines is 2. The molecule has 0 unspecified atom stereocenters.